The van der Waals surface area contributed by atoms with Crippen LogP contribution in [0.25, 0.3) is 0 Å². The van der Waals surface area contributed by atoms with Crippen molar-refractivity contribution in [2.75, 3.05) is 13.1 Å². The van der Waals surface area contributed by atoms with Gasteiger partial charge in [-0.2, -0.15) is 0 Å². The van der Waals surface area contributed by atoms with Crippen LogP contribution in [0.3, 0.4) is 0 Å². The molecule has 2 aliphatic rings. The first-order chi connectivity index (χ1) is 21.0. The van der Waals surface area contributed by atoms with Crippen molar-refractivity contribution in [3.63, 3.8) is 0 Å². The summed E-state index contributed by atoms with van der Waals surface area (Å²) < 4.78 is 12.8. The van der Waals surface area contributed by atoms with Crippen LogP contribution in [-0.2, 0) is 32.3 Å². The molecule has 2 fully saturated rings. The number of likely N-dealkylation sites (tertiary alicyclic amines) is 1. The fourth-order valence-electron chi connectivity index (χ4n) is 6.36. The molecule has 5 rings (SSSR count). The Bertz CT molecular complexity index is 1320. The molecule has 43 heavy (non-hydrogen) atoms. The third-order valence-electron chi connectivity index (χ3n) is 8.68. The standard InChI is InChI=1S/C35H40N2O6/c38-31(37-22-12-19-30(37)33(39)36-20-10-11-21-36)23-29(28-17-8-3-9-18-28)32(34(40)42-24-26-13-4-1-5-14-26)35(41)43-25-27-15-6-2-7-16-27/h1-2,4-7,12-16,19,22,28-29,32H,3,8-11,17-18,20-21,23-25H2/t29-/m0/s1. The van der Waals surface area contributed by atoms with E-state index < -0.39 is 23.8 Å². The Morgan fingerprint density at radius 2 is 1.26 bits per heavy atom. The molecule has 2 aromatic carbocycles. The summed E-state index contributed by atoms with van der Waals surface area (Å²) in [5, 5.41) is 0. The number of esters is 2. The summed E-state index contributed by atoms with van der Waals surface area (Å²) in [6, 6.07) is 21.9. The second-order valence-electron chi connectivity index (χ2n) is 11.6. The zero-order valence-corrected chi connectivity index (χ0v) is 24.6. The Hall–Kier alpha value is -4.20. The average molecular weight is 585 g/mol. The van der Waals surface area contributed by atoms with E-state index in [0.717, 1.165) is 56.1 Å². The molecule has 0 unspecified atom stereocenters. The second kappa shape index (κ2) is 14.8. The molecule has 0 bridgehead atoms. The predicted molar refractivity (Wildman–Crippen MR) is 161 cm³/mol. The molecule has 8 nitrogen and oxygen atoms in total. The summed E-state index contributed by atoms with van der Waals surface area (Å²) in [7, 11) is 0. The maximum atomic E-state index is 13.9. The average Bonchev–Trinajstić information content (AvgIpc) is 3.77. The molecule has 226 valence electrons. The zero-order chi connectivity index (χ0) is 30.0. The molecule has 0 N–H and O–H groups in total. The lowest BCUT2D eigenvalue weighted by Crippen LogP contribution is -2.40. The van der Waals surface area contributed by atoms with Crippen molar-refractivity contribution in [3.8, 4) is 0 Å². The van der Waals surface area contributed by atoms with Crippen molar-refractivity contribution < 1.29 is 28.7 Å². The molecule has 1 aromatic heterocycles. The highest BCUT2D eigenvalue weighted by atomic mass is 16.6. The first kappa shape index (κ1) is 30.3. The fraction of sp³-hybridized carbons (Fsp3) is 0.429. The van der Waals surface area contributed by atoms with Crippen LogP contribution in [0.1, 0.15) is 77.8 Å². The van der Waals surface area contributed by atoms with E-state index in [-0.39, 0.29) is 37.4 Å². The van der Waals surface area contributed by atoms with Gasteiger partial charge in [0.15, 0.2) is 5.92 Å². The van der Waals surface area contributed by atoms with Gasteiger partial charge in [0.2, 0.25) is 5.91 Å². The summed E-state index contributed by atoms with van der Waals surface area (Å²) in [4.78, 5) is 56.4. The monoisotopic (exact) mass is 584 g/mol. The minimum Gasteiger partial charge on any atom is -0.460 e. The van der Waals surface area contributed by atoms with E-state index in [0.29, 0.717) is 18.8 Å². The summed E-state index contributed by atoms with van der Waals surface area (Å²) in [5.74, 6) is -3.81. The molecule has 1 amide bonds. The van der Waals surface area contributed by atoms with Crippen molar-refractivity contribution in [1.82, 2.24) is 9.47 Å². The van der Waals surface area contributed by atoms with Gasteiger partial charge in [0, 0.05) is 25.7 Å². The Morgan fingerprint density at radius 1 is 0.698 bits per heavy atom. The Kier molecular flexibility index (Phi) is 10.4. The van der Waals surface area contributed by atoms with Gasteiger partial charge in [-0.3, -0.25) is 23.7 Å². The topological polar surface area (TPSA) is 94.9 Å². The Balaban J connectivity index is 1.41. The van der Waals surface area contributed by atoms with Crippen LogP contribution >= 0.6 is 0 Å². The summed E-state index contributed by atoms with van der Waals surface area (Å²) >= 11 is 0. The van der Waals surface area contributed by atoms with Crippen LogP contribution < -0.4 is 0 Å². The van der Waals surface area contributed by atoms with Crippen molar-refractivity contribution in [3.05, 3.63) is 95.8 Å². The number of aromatic nitrogens is 1. The Labute approximate surface area is 253 Å². The first-order valence-electron chi connectivity index (χ1n) is 15.4. The highest BCUT2D eigenvalue weighted by Crippen LogP contribution is 2.38. The van der Waals surface area contributed by atoms with Crippen LogP contribution in [0, 0.1) is 17.8 Å². The SMILES string of the molecule is O=C(OCc1ccccc1)C(C(=O)OCc1ccccc1)[C@@H](CC(=O)n1cccc1C(=O)N1CCCC1)C1CCCCC1. The molecule has 1 saturated carbocycles. The lowest BCUT2D eigenvalue weighted by molar-refractivity contribution is -0.168. The Morgan fingerprint density at radius 3 is 1.81 bits per heavy atom. The van der Waals surface area contributed by atoms with E-state index in [1.807, 2.05) is 60.7 Å². The molecular formula is C35H40N2O6. The van der Waals surface area contributed by atoms with Crippen LogP contribution in [0.4, 0.5) is 0 Å². The number of amides is 1. The summed E-state index contributed by atoms with van der Waals surface area (Å²) in [6.07, 6.45) is 8.01. The number of nitrogens with zero attached hydrogens (tertiary/aromatic N) is 2. The second-order valence-corrected chi connectivity index (χ2v) is 11.6. The van der Waals surface area contributed by atoms with Gasteiger partial charge < -0.3 is 14.4 Å². The third-order valence-corrected chi connectivity index (χ3v) is 8.68. The van der Waals surface area contributed by atoms with E-state index in [2.05, 4.69) is 0 Å². The van der Waals surface area contributed by atoms with E-state index >= 15 is 0 Å². The lowest BCUT2D eigenvalue weighted by atomic mass is 9.72. The van der Waals surface area contributed by atoms with Crippen LogP contribution in [0.2, 0.25) is 0 Å². The van der Waals surface area contributed by atoms with Gasteiger partial charge in [0.25, 0.3) is 5.91 Å². The van der Waals surface area contributed by atoms with Gasteiger partial charge in [-0.1, -0.05) is 92.8 Å². The maximum Gasteiger partial charge on any atom is 0.320 e. The molecule has 1 aliphatic heterocycles. The summed E-state index contributed by atoms with van der Waals surface area (Å²) in [5.41, 5.74) is 1.91. The third kappa shape index (κ3) is 7.80. The number of carbonyl (C=O) groups excluding carboxylic acids is 4. The normalized spacial score (nSPS) is 16.2. The van der Waals surface area contributed by atoms with Gasteiger partial charge in [-0.25, -0.2) is 0 Å². The number of rotatable bonds is 11. The largest absolute Gasteiger partial charge is 0.460 e. The molecule has 8 heteroatoms. The minimum absolute atomic E-state index is 0.0134. The van der Waals surface area contributed by atoms with Gasteiger partial charge in [-0.05, 0) is 47.9 Å². The number of benzene rings is 2. The van der Waals surface area contributed by atoms with Crippen LogP contribution in [0.5, 0.6) is 0 Å². The van der Waals surface area contributed by atoms with E-state index in [4.69, 9.17) is 9.47 Å². The smallest absolute Gasteiger partial charge is 0.320 e. The number of hydrogen-bond acceptors (Lipinski definition) is 6. The maximum absolute atomic E-state index is 13.9. The quantitative estimate of drug-likeness (QED) is 0.201. The van der Waals surface area contributed by atoms with E-state index in [1.165, 1.54) is 4.57 Å². The molecular weight excluding hydrogens is 544 g/mol. The minimum atomic E-state index is -1.27. The van der Waals surface area contributed by atoms with Gasteiger partial charge in [0.1, 0.15) is 18.9 Å². The van der Waals surface area contributed by atoms with E-state index in [1.54, 1.807) is 23.2 Å². The van der Waals surface area contributed by atoms with Crippen molar-refractivity contribution in [2.45, 2.75) is 64.6 Å². The van der Waals surface area contributed by atoms with Gasteiger partial charge in [0.05, 0.1) is 0 Å². The lowest BCUT2D eigenvalue weighted by Gasteiger charge is -2.33. The zero-order valence-electron chi connectivity index (χ0n) is 24.6. The molecule has 0 spiro atoms. The molecule has 1 aliphatic carbocycles. The predicted octanol–water partition coefficient (Wildman–Crippen LogP) is 6.05. The molecule has 2 heterocycles. The molecule has 3 aromatic rings. The number of hydrogen-bond donors (Lipinski definition) is 0. The number of carbonyl (C=O) groups is 4. The van der Waals surface area contributed by atoms with E-state index in [9.17, 15) is 19.2 Å². The van der Waals surface area contributed by atoms with Crippen molar-refractivity contribution in [1.29, 1.82) is 0 Å². The van der Waals surface area contributed by atoms with Gasteiger partial charge in [-0.15, -0.1) is 0 Å². The molecule has 1 saturated heterocycles. The number of ether oxygens (including phenoxy) is 2. The molecule has 1 atom stereocenters. The first-order valence-corrected chi connectivity index (χ1v) is 15.4. The van der Waals surface area contributed by atoms with Crippen molar-refractivity contribution in [2.24, 2.45) is 17.8 Å². The fourth-order valence-corrected chi connectivity index (χ4v) is 6.36. The van der Waals surface area contributed by atoms with Crippen LogP contribution in [0.15, 0.2) is 79.0 Å². The van der Waals surface area contributed by atoms with Crippen LogP contribution in [-0.4, -0.2) is 46.3 Å². The molecule has 0 radical (unpaired) electrons. The van der Waals surface area contributed by atoms with Gasteiger partial charge >= 0.3 is 11.9 Å². The highest BCUT2D eigenvalue weighted by molar-refractivity contribution is 5.98. The highest BCUT2D eigenvalue weighted by Gasteiger charge is 2.43. The summed E-state index contributed by atoms with van der Waals surface area (Å²) in [6.45, 7) is 1.37. The van der Waals surface area contributed by atoms with Crippen molar-refractivity contribution >= 4 is 23.8 Å².